The summed E-state index contributed by atoms with van der Waals surface area (Å²) in [6, 6.07) is 22.4. The van der Waals surface area contributed by atoms with Gasteiger partial charge in [-0.05, 0) is 48.0 Å². The molecule has 1 aromatic heterocycles. The lowest BCUT2D eigenvalue weighted by atomic mass is 10.2. The minimum Gasteiger partial charge on any atom is -0.489 e. The summed E-state index contributed by atoms with van der Waals surface area (Å²) in [6.07, 6.45) is 1.47. The summed E-state index contributed by atoms with van der Waals surface area (Å²) in [5, 5.41) is 6.66. The lowest BCUT2D eigenvalue weighted by Crippen LogP contribution is -2.19. The van der Waals surface area contributed by atoms with Gasteiger partial charge in [0.25, 0.3) is 0 Å². The molecule has 0 aliphatic carbocycles. The molecule has 4 rings (SSSR count). The number of primary amides is 1. The highest BCUT2D eigenvalue weighted by Gasteiger charge is 2.06. The van der Waals surface area contributed by atoms with E-state index in [4.69, 9.17) is 10.5 Å². The van der Waals surface area contributed by atoms with Gasteiger partial charge in [-0.1, -0.05) is 30.3 Å². The first-order chi connectivity index (χ1) is 14.2. The number of fused-ring (bicyclic) bond motifs is 1. The van der Waals surface area contributed by atoms with Gasteiger partial charge in [-0.3, -0.25) is 0 Å². The molecule has 0 atom stereocenters. The first kappa shape index (κ1) is 18.2. The summed E-state index contributed by atoms with van der Waals surface area (Å²) >= 11 is 0. The first-order valence-corrected chi connectivity index (χ1v) is 9.02. The van der Waals surface area contributed by atoms with E-state index in [1.165, 1.54) is 6.33 Å². The van der Waals surface area contributed by atoms with Gasteiger partial charge in [0.15, 0.2) is 0 Å². The molecule has 0 unspecified atom stereocenters. The minimum atomic E-state index is -0.619. The fourth-order valence-electron chi connectivity index (χ4n) is 2.89. The molecule has 3 aromatic carbocycles. The van der Waals surface area contributed by atoms with Crippen LogP contribution in [-0.2, 0) is 6.61 Å². The number of nitrogens with zero attached hydrogens (tertiary/aromatic N) is 2. The molecular weight excluding hydrogens is 366 g/mol. The van der Waals surface area contributed by atoms with E-state index in [-0.39, 0.29) is 0 Å². The topological polar surface area (TPSA) is 102 Å². The molecule has 4 aromatic rings. The van der Waals surface area contributed by atoms with Crippen molar-refractivity contribution in [2.24, 2.45) is 5.73 Å². The molecule has 0 saturated carbocycles. The third kappa shape index (κ3) is 4.59. The van der Waals surface area contributed by atoms with Crippen molar-refractivity contribution in [2.45, 2.75) is 6.61 Å². The molecule has 1 heterocycles. The molecule has 0 bridgehead atoms. The number of urea groups is 1. The van der Waals surface area contributed by atoms with E-state index in [1.807, 2.05) is 60.7 Å². The Morgan fingerprint density at radius 1 is 0.931 bits per heavy atom. The van der Waals surface area contributed by atoms with Gasteiger partial charge in [-0.25, -0.2) is 14.8 Å². The number of benzene rings is 3. The van der Waals surface area contributed by atoms with Gasteiger partial charge in [0.05, 0.1) is 5.52 Å². The van der Waals surface area contributed by atoms with Crippen LogP contribution < -0.4 is 21.1 Å². The molecule has 2 amide bonds. The molecule has 0 spiro atoms. The summed E-state index contributed by atoms with van der Waals surface area (Å²) in [6.45, 7) is 0.520. The molecule has 29 heavy (non-hydrogen) atoms. The Morgan fingerprint density at radius 2 is 1.69 bits per heavy atom. The molecule has 4 N–H and O–H groups in total. The zero-order chi connectivity index (χ0) is 20.1. The van der Waals surface area contributed by atoms with E-state index in [0.29, 0.717) is 23.6 Å². The predicted octanol–water partition coefficient (Wildman–Crippen LogP) is 4.44. The number of hydrogen-bond donors (Lipinski definition) is 3. The van der Waals surface area contributed by atoms with Gasteiger partial charge in [-0.2, -0.15) is 0 Å². The largest absolute Gasteiger partial charge is 0.489 e. The first-order valence-electron chi connectivity index (χ1n) is 9.02. The second-order valence-electron chi connectivity index (χ2n) is 6.37. The molecule has 0 fully saturated rings. The van der Waals surface area contributed by atoms with Crippen molar-refractivity contribution < 1.29 is 9.53 Å². The Labute approximate surface area is 167 Å². The van der Waals surface area contributed by atoms with Gasteiger partial charge in [0.2, 0.25) is 0 Å². The van der Waals surface area contributed by atoms with E-state index in [2.05, 4.69) is 20.6 Å². The number of nitrogens with two attached hydrogens (primary N) is 1. The van der Waals surface area contributed by atoms with Crippen molar-refractivity contribution >= 4 is 34.1 Å². The average Bonchev–Trinajstić information content (AvgIpc) is 2.74. The lowest BCUT2D eigenvalue weighted by molar-refractivity contribution is 0.259. The molecule has 0 saturated heterocycles. The average molecular weight is 385 g/mol. The van der Waals surface area contributed by atoms with Crippen LogP contribution in [0.25, 0.3) is 10.9 Å². The smallest absolute Gasteiger partial charge is 0.316 e. The van der Waals surface area contributed by atoms with Crippen molar-refractivity contribution in [1.29, 1.82) is 0 Å². The second-order valence-corrected chi connectivity index (χ2v) is 6.37. The Kier molecular flexibility index (Phi) is 5.20. The van der Waals surface area contributed by atoms with Crippen LogP contribution in [0.4, 0.5) is 22.0 Å². The van der Waals surface area contributed by atoms with E-state index in [9.17, 15) is 4.79 Å². The van der Waals surface area contributed by atoms with E-state index >= 15 is 0 Å². The summed E-state index contributed by atoms with van der Waals surface area (Å²) in [7, 11) is 0. The number of aromatic nitrogens is 2. The summed E-state index contributed by atoms with van der Waals surface area (Å²) in [5.74, 6) is 1.45. The third-order valence-corrected chi connectivity index (χ3v) is 4.27. The SMILES string of the molecule is NC(=O)Nc1ccc2c(Nc3ccc(OCc4ccccc4)cc3)ncnc2c1. The summed E-state index contributed by atoms with van der Waals surface area (Å²) in [4.78, 5) is 19.6. The Hall–Kier alpha value is -4.13. The van der Waals surface area contributed by atoms with Crippen LogP contribution in [-0.4, -0.2) is 16.0 Å². The van der Waals surface area contributed by atoms with Gasteiger partial charge in [-0.15, -0.1) is 0 Å². The van der Waals surface area contributed by atoms with Gasteiger partial charge < -0.3 is 21.1 Å². The van der Waals surface area contributed by atoms with E-state index in [0.717, 1.165) is 22.4 Å². The van der Waals surface area contributed by atoms with Crippen LogP contribution in [0.2, 0.25) is 0 Å². The number of rotatable bonds is 6. The predicted molar refractivity (Wildman–Crippen MR) is 113 cm³/mol. The van der Waals surface area contributed by atoms with Gasteiger partial charge >= 0.3 is 6.03 Å². The van der Waals surface area contributed by atoms with Crippen LogP contribution in [0.1, 0.15) is 5.56 Å². The maximum Gasteiger partial charge on any atom is 0.316 e. The Balaban J connectivity index is 1.47. The standard InChI is InChI=1S/C22H19N5O2/c23-22(28)27-17-8-11-19-20(12-17)24-14-25-21(19)26-16-6-9-18(10-7-16)29-13-15-4-2-1-3-5-15/h1-12,14H,13H2,(H3,23,27,28)(H,24,25,26). The Morgan fingerprint density at radius 3 is 2.45 bits per heavy atom. The molecule has 0 aliphatic rings. The van der Waals surface area contributed by atoms with Gasteiger partial charge in [0.1, 0.15) is 24.5 Å². The number of carbonyl (C=O) groups excluding carboxylic acids is 1. The number of hydrogen-bond acceptors (Lipinski definition) is 5. The van der Waals surface area contributed by atoms with Crippen LogP contribution in [0.3, 0.4) is 0 Å². The van der Waals surface area contributed by atoms with Crippen LogP contribution in [0.5, 0.6) is 5.75 Å². The van der Waals surface area contributed by atoms with Crippen LogP contribution >= 0.6 is 0 Å². The lowest BCUT2D eigenvalue weighted by Gasteiger charge is -2.11. The Bertz CT molecular complexity index is 1130. The zero-order valence-corrected chi connectivity index (χ0v) is 15.5. The number of nitrogens with one attached hydrogen (secondary N) is 2. The zero-order valence-electron chi connectivity index (χ0n) is 15.5. The fraction of sp³-hybridized carbons (Fsp3) is 0.0455. The fourth-order valence-corrected chi connectivity index (χ4v) is 2.89. The minimum absolute atomic E-state index is 0.520. The molecule has 0 radical (unpaired) electrons. The van der Waals surface area contributed by atoms with Gasteiger partial charge in [0, 0.05) is 16.8 Å². The quantitative estimate of drug-likeness (QED) is 0.455. The maximum absolute atomic E-state index is 11.0. The highest BCUT2D eigenvalue weighted by atomic mass is 16.5. The molecule has 144 valence electrons. The number of anilines is 3. The van der Waals surface area contributed by atoms with Crippen LogP contribution in [0.15, 0.2) is 79.1 Å². The van der Waals surface area contributed by atoms with Crippen molar-refractivity contribution in [3.05, 3.63) is 84.7 Å². The number of ether oxygens (including phenoxy) is 1. The molecular formula is C22H19N5O2. The van der Waals surface area contributed by atoms with Crippen molar-refractivity contribution in [3.8, 4) is 5.75 Å². The molecule has 7 heteroatoms. The van der Waals surface area contributed by atoms with Crippen molar-refractivity contribution in [1.82, 2.24) is 9.97 Å². The maximum atomic E-state index is 11.0. The number of carbonyl (C=O) groups is 1. The van der Waals surface area contributed by atoms with Crippen molar-refractivity contribution in [2.75, 3.05) is 10.6 Å². The second kappa shape index (κ2) is 8.26. The molecule has 7 nitrogen and oxygen atoms in total. The summed E-state index contributed by atoms with van der Waals surface area (Å²) in [5.41, 5.74) is 8.42. The van der Waals surface area contributed by atoms with Crippen LogP contribution in [0, 0.1) is 0 Å². The highest BCUT2D eigenvalue weighted by Crippen LogP contribution is 2.26. The molecule has 0 aliphatic heterocycles. The number of amides is 2. The summed E-state index contributed by atoms with van der Waals surface area (Å²) < 4.78 is 5.81. The highest BCUT2D eigenvalue weighted by molar-refractivity contribution is 5.95. The monoisotopic (exact) mass is 385 g/mol. The van der Waals surface area contributed by atoms with Crippen molar-refractivity contribution in [3.63, 3.8) is 0 Å². The third-order valence-electron chi connectivity index (χ3n) is 4.27. The van der Waals surface area contributed by atoms with E-state index in [1.54, 1.807) is 12.1 Å². The normalized spacial score (nSPS) is 10.5. The van der Waals surface area contributed by atoms with E-state index < -0.39 is 6.03 Å².